The summed E-state index contributed by atoms with van der Waals surface area (Å²) in [6, 6.07) is 11.0. The van der Waals surface area contributed by atoms with E-state index < -0.39 is 0 Å². The summed E-state index contributed by atoms with van der Waals surface area (Å²) in [6.45, 7) is 3.15. The highest BCUT2D eigenvalue weighted by Gasteiger charge is 2.22. The summed E-state index contributed by atoms with van der Waals surface area (Å²) in [6.07, 6.45) is 4.16. The van der Waals surface area contributed by atoms with Gasteiger partial charge in [-0.25, -0.2) is 15.0 Å². The Morgan fingerprint density at radius 1 is 1.16 bits per heavy atom. The highest BCUT2D eigenvalue weighted by atomic mass is 15.2. The van der Waals surface area contributed by atoms with E-state index in [4.69, 9.17) is 0 Å². The van der Waals surface area contributed by atoms with Crippen molar-refractivity contribution < 1.29 is 0 Å². The van der Waals surface area contributed by atoms with E-state index in [0.29, 0.717) is 12.0 Å². The molecular weight excluding hydrogens is 238 g/mol. The zero-order chi connectivity index (χ0) is 12.9. The second kappa shape index (κ2) is 5.75. The standard InChI is InChI=1S/C14H17N5/c1-2-4-12(5-3-1)8-19-7-6-13(9-19)18-14-16-10-15-11-17-14/h1-5,10-11,13H,6-9H2,(H,15,16,17,18)/t13-/m1/s1. The first kappa shape index (κ1) is 12.0. The van der Waals surface area contributed by atoms with Crippen molar-refractivity contribution in [3.63, 3.8) is 0 Å². The molecule has 0 spiro atoms. The van der Waals surface area contributed by atoms with E-state index >= 15 is 0 Å². The molecule has 19 heavy (non-hydrogen) atoms. The number of anilines is 1. The number of benzene rings is 1. The molecule has 5 nitrogen and oxygen atoms in total. The molecule has 1 aliphatic rings. The monoisotopic (exact) mass is 255 g/mol. The normalized spacial score (nSPS) is 19.5. The smallest absolute Gasteiger partial charge is 0.225 e. The van der Waals surface area contributed by atoms with Gasteiger partial charge in [-0.3, -0.25) is 4.90 Å². The topological polar surface area (TPSA) is 53.9 Å². The van der Waals surface area contributed by atoms with E-state index in [1.807, 2.05) is 0 Å². The van der Waals surface area contributed by atoms with Crippen LogP contribution >= 0.6 is 0 Å². The summed E-state index contributed by atoms with van der Waals surface area (Å²) in [5.74, 6) is 0.668. The Labute approximate surface area is 112 Å². The van der Waals surface area contributed by atoms with E-state index in [2.05, 4.69) is 55.5 Å². The molecule has 3 rings (SSSR count). The first-order valence-electron chi connectivity index (χ1n) is 6.55. The molecule has 1 atom stereocenters. The highest BCUT2D eigenvalue weighted by Crippen LogP contribution is 2.15. The van der Waals surface area contributed by atoms with E-state index in [-0.39, 0.29) is 0 Å². The zero-order valence-electron chi connectivity index (χ0n) is 10.7. The van der Waals surface area contributed by atoms with E-state index in [1.165, 1.54) is 18.2 Å². The van der Waals surface area contributed by atoms with Gasteiger partial charge in [-0.05, 0) is 12.0 Å². The van der Waals surface area contributed by atoms with Crippen molar-refractivity contribution in [1.82, 2.24) is 19.9 Å². The van der Waals surface area contributed by atoms with Gasteiger partial charge in [0.1, 0.15) is 12.7 Å². The van der Waals surface area contributed by atoms with E-state index in [0.717, 1.165) is 26.1 Å². The summed E-state index contributed by atoms with van der Waals surface area (Å²) in [4.78, 5) is 14.5. The van der Waals surface area contributed by atoms with Crippen LogP contribution in [0.4, 0.5) is 5.95 Å². The molecule has 1 aliphatic heterocycles. The molecule has 0 aliphatic carbocycles. The molecule has 98 valence electrons. The van der Waals surface area contributed by atoms with Gasteiger partial charge in [0.2, 0.25) is 5.95 Å². The van der Waals surface area contributed by atoms with Gasteiger partial charge in [0.25, 0.3) is 0 Å². The second-order valence-electron chi connectivity index (χ2n) is 4.81. The van der Waals surface area contributed by atoms with Gasteiger partial charge in [-0.15, -0.1) is 0 Å². The fourth-order valence-electron chi connectivity index (χ4n) is 2.43. The van der Waals surface area contributed by atoms with Crippen molar-refractivity contribution >= 4 is 5.95 Å². The summed E-state index contributed by atoms with van der Waals surface area (Å²) >= 11 is 0. The Balaban J connectivity index is 1.53. The van der Waals surface area contributed by atoms with Gasteiger partial charge >= 0.3 is 0 Å². The van der Waals surface area contributed by atoms with E-state index in [1.54, 1.807) is 0 Å². The van der Waals surface area contributed by atoms with Gasteiger partial charge in [0, 0.05) is 25.7 Å². The minimum Gasteiger partial charge on any atom is -0.350 e. The molecule has 1 N–H and O–H groups in total. The Morgan fingerprint density at radius 2 is 1.95 bits per heavy atom. The van der Waals surface area contributed by atoms with Crippen LogP contribution in [0.1, 0.15) is 12.0 Å². The first-order chi connectivity index (χ1) is 9.40. The van der Waals surface area contributed by atoms with Crippen LogP contribution < -0.4 is 5.32 Å². The molecule has 0 unspecified atom stereocenters. The van der Waals surface area contributed by atoms with Crippen molar-refractivity contribution in [3.05, 3.63) is 48.5 Å². The molecule has 1 aromatic carbocycles. The quantitative estimate of drug-likeness (QED) is 0.898. The number of nitrogens with one attached hydrogen (secondary N) is 1. The van der Waals surface area contributed by atoms with E-state index in [9.17, 15) is 0 Å². The summed E-state index contributed by atoms with van der Waals surface area (Å²) in [7, 11) is 0. The molecule has 2 heterocycles. The van der Waals surface area contributed by atoms with Crippen LogP contribution in [0, 0.1) is 0 Å². The molecule has 0 saturated carbocycles. The summed E-state index contributed by atoms with van der Waals surface area (Å²) < 4.78 is 0. The molecule has 0 bridgehead atoms. The molecule has 1 aromatic heterocycles. The minimum absolute atomic E-state index is 0.422. The number of hydrogen-bond donors (Lipinski definition) is 1. The maximum atomic E-state index is 4.10. The fourth-order valence-corrected chi connectivity index (χ4v) is 2.43. The van der Waals surface area contributed by atoms with Gasteiger partial charge in [-0.2, -0.15) is 0 Å². The van der Waals surface area contributed by atoms with Crippen LogP contribution in [-0.2, 0) is 6.54 Å². The summed E-state index contributed by atoms with van der Waals surface area (Å²) in [5.41, 5.74) is 1.36. The summed E-state index contributed by atoms with van der Waals surface area (Å²) in [5, 5.41) is 3.35. The third-order valence-corrected chi connectivity index (χ3v) is 3.35. The maximum absolute atomic E-state index is 4.10. The van der Waals surface area contributed by atoms with Crippen LogP contribution in [0.3, 0.4) is 0 Å². The average Bonchev–Trinajstić information content (AvgIpc) is 2.88. The molecule has 0 radical (unpaired) electrons. The fraction of sp³-hybridized carbons (Fsp3) is 0.357. The van der Waals surface area contributed by atoms with Gasteiger partial charge in [0.15, 0.2) is 0 Å². The third kappa shape index (κ3) is 3.26. The Bertz CT molecular complexity index is 454. The van der Waals surface area contributed by atoms with Crippen LogP contribution in [0.2, 0.25) is 0 Å². The van der Waals surface area contributed by atoms with Crippen molar-refractivity contribution in [2.45, 2.75) is 19.0 Å². The predicted octanol–water partition coefficient (Wildman–Crippen LogP) is 1.56. The number of hydrogen-bond acceptors (Lipinski definition) is 5. The molecule has 1 fully saturated rings. The largest absolute Gasteiger partial charge is 0.350 e. The maximum Gasteiger partial charge on any atom is 0.225 e. The molecule has 2 aromatic rings. The van der Waals surface area contributed by atoms with Crippen molar-refractivity contribution in [2.24, 2.45) is 0 Å². The molecule has 1 saturated heterocycles. The van der Waals surface area contributed by atoms with Gasteiger partial charge in [0.05, 0.1) is 0 Å². The first-order valence-corrected chi connectivity index (χ1v) is 6.55. The highest BCUT2D eigenvalue weighted by molar-refractivity contribution is 5.24. The molecule has 5 heteroatoms. The number of likely N-dealkylation sites (tertiary alicyclic amines) is 1. The molecule has 0 amide bonds. The lowest BCUT2D eigenvalue weighted by molar-refractivity contribution is 0.328. The van der Waals surface area contributed by atoms with Crippen LogP contribution in [0.25, 0.3) is 0 Å². The second-order valence-corrected chi connectivity index (χ2v) is 4.81. The van der Waals surface area contributed by atoms with Gasteiger partial charge < -0.3 is 5.32 Å². The van der Waals surface area contributed by atoms with Crippen molar-refractivity contribution in [3.8, 4) is 0 Å². The zero-order valence-corrected chi connectivity index (χ0v) is 10.7. The Hall–Kier alpha value is -2.01. The van der Waals surface area contributed by atoms with Crippen molar-refractivity contribution in [2.75, 3.05) is 18.4 Å². The Kier molecular flexibility index (Phi) is 3.65. The van der Waals surface area contributed by atoms with Gasteiger partial charge in [-0.1, -0.05) is 30.3 Å². The average molecular weight is 255 g/mol. The van der Waals surface area contributed by atoms with Crippen molar-refractivity contribution in [1.29, 1.82) is 0 Å². The number of aromatic nitrogens is 3. The van der Waals surface area contributed by atoms with Crippen LogP contribution in [0.5, 0.6) is 0 Å². The number of rotatable bonds is 4. The number of nitrogens with zero attached hydrogens (tertiary/aromatic N) is 4. The predicted molar refractivity (Wildman–Crippen MR) is 73.6 cm³/mol. The lowest BCUT2D eigenvalue weighted by Gasteiger charge is -2.16. The SMILES string of the molecule is c1ccc(CN2CC[C@@H](Nc3ncncn3)C2)cc1. The molecular formula is C14H17N5. The third-order valence-electron chi connectivity index (χ3n) is 3.35. The lowest BCUT2D eigenvalue weighted by Crippen LogP contribution is -2.26. The van der Waals surface area contributed by atoms with Crippen LogP contribution in [0.15, 0.2) is 43.0 Å². The van der Waals surface area contributed by atoms with Crippen LogP contribution in [-0.4, -0.2) is 39.0 Å². The minimum atomic E-state index is 0.422. The Morgan fingerprint density at radius 3 is 2.74 bits per heavy atom. The lowest BCUT2D eigenvalue weighted by atomic mass is 10.2.